The molecule has 0 saturated heterocycles. The first kappa shape index (κ1) is 18.6. The third-order valence-electron chi connectivity index (χ3n) is 3.19. The Balaban J connectivity index is 2.97. The maximum atomic E-state index is 12.9. The van der Waals surface area contributed by atoms with Crippen molar-refractivity contribution in [3.8, 4) is 5.75 Å². The molecule has 7 heteroatoms. The quantitative estimate of drug-likeness (QED) is 0.833. The normalized spacial score (nSPS) is 14.5. The van der Waals surface area contributed by atoms with Gasteiger partial charge in [-0.3, -0.25) is 0 Å². The number of allylic oxidation sites excluding steroid dienone is 1. The van der Waals surface area contributed by atoms with Crippen molar-refractivity contribution in [1.29, 1.82) is 0 Å². The number of sulfonamides is 1. The summed E-state index contributed by atoms with van der Waals surface area (Å²) in [6, 6.07) is 5.34. The van der Waals surface area contributed by atoms with Crippen molar-refractivity contribution in [1.82, 2.24) is 4.72 Å². The molecule has 1 rings (SSSR count). The maximum Gasteiger partial charge on any atom is 0.254 e. The lowest BCUT2D eigenvalue weighted by Gasteiger charge is -2.21. The Morgan fingerprint density at radius 3 is 2.18 bits per heavy atom. The second-order valence-electron chi connectivity index (χ2n) is 5.25. The van der Waals surface area contributed by atoms with Crippen LogP contribution >= 0.6 is 0 Å². The molecule has 0 radical (unpaired) electrons. The minimum atomic E-state index is -3.96. The molecule has 124 valence electrons. The van der Waals surface area contributed by atoms with Gasteiger partial charge in [-0.1, -0.05) is 26.0 Å². The topological polar surface area (TPSA) is 55.4 Å². The first-order valence-electron chi connectivity index (χ1n) is 6.80. The number of alkyl halides is 2. The van der Waals surface area contributed by atoms with Crippen LogP contribution in [0.25, 0.3) is 6.08 Å². The van der Waals surface area contributed by atoms with Gasteiger partial charge < -0.3 is 4.74 Å². The van der Waals surface area contributed by atoms with Crippen LogP contribution in [-0.2, 0) is 10.0 Å². The number of methoxy groups -OCH3 is 1. The summed E-state index contributed by atoms with van der Waals surface area (Å²) in [6.45, 7) is 4.46. The van der Waals surface area contributed by atoms with Crippen LogP contribution in [0.5, 0.6) is 5.75 Å². The van der Waals surface area contributed by atoms with Crippen molar-refractivity contribution in [2.45, 2.75) is 33.2 Å². The number of benzene rings is 1. The zero-order valence-electron chi connectivity index (χ0n) is 13.0. The predicted octanol–water partition coefficient (Wildman–Crippen LogP) is 3.27. The van der Waals surface area contributed by atoms with E-state index >= 15 is 0 Å². The molecule has 0 spiro atoms. The molecule has 0 aromatic heterocycles. The summed E-state index contributed by atoms with van der Waals surface area (Å²) in [5.74, 6) is 0.136. The van der Waals surface area contributed by atoms with Crippen LogP contribution in [0.1, 0.15) is 26.3 Å². The second kappa shape index (κ2) is 7.69. The van der Waals surface area contributed by atoms with Crippen LogP contribution in [-0.4, -0.2) is 28.0 Å². The Morgan fingerprint density at radius 1 is 1.23 bits per heavy atom. The minimum absolute atomic E-state index is 0.0241. The predicted molar refractivity (Wildman–Crippen MR) is 83.3 cm³/mol. The van der Waals surface area contributed by atoms with Gasteiger partial charge in [0.25, 0.3) is 6.43 Å². The molecule has 0 aliphatic carbocycles. The number of hydrogen-bond acceptors (Lipinski definition) is 3. The monoisotopic (exact) mass is 333 g/mol. The van der Waals surface area contributed by atoms with Crippen LogP contribution < -0.4 is 9.46 Å². The molecule has 0 saturated carbocycles. The molecular formula is C15H21F2NO3S. The zero-order valence-corrected chi connectivity index (χ0v) is 13.8. The molecule has 0 fully saturated rings. The number of ether oxygens (including phenoxy) is 1. The second-order valence-corrected chi connectivity index (χ2v) is 7.14. The fraction of sp³-hybridized carbons (Fsp3) is 0.467. The van der Waals surface area contributed by atoms with Gasteiger partial charge >= 0.3 is 0 Å². The first-order chi connectivity index (χ1) is 10.2. The van der Waals surface area contributed by atoms with E-state index in [0.29, 0.717) is 11.3 Å². The molecule has 0 aliphatic rings. The van der Waals surface area contributed by atoms with Gasteiger partial charge in [0.05, 0.1) is 18.1 Å². The number of nitrogens with one attached hydrogen (secondary N) is 1. The van der Waals surface area contributed by atoms with Gasteiger partial charge in [0, 0.05) is 0 Å². The van der Waals surface area contributed by atoms with E-state index in [-0.39, 0.29) is 4.91 Å². The van der Waals surface area contributed by atoms with Gasteiger partial charge in [-0.15, -0.1) is 0 Å². The highest BCUT2D eigenvalue weighted by Gasteiger charge is 2.29. The molecule has 1 N–H and O–H groups in total. The first-order valence-corrected chi connectivity index (χ1v) is 8.28. The summed E-state index contributed by atoms with van der Waals surface area (Å²) in [4.78, 5) is -0.0241. The fourth-order valence-electron chi connectivity index (χ4n) is 1.76. The summed E-state index contributed by atoms with van der Waals surface area (Å²) in [6.07, 6.45) is -1.34. The summed E-state index contributed by atoms with van der Waals surface area (Å²) < 4.78 is 57.1. The molecule has 0 aliphatic heterocycles. The van der Waals surface area contributed by atoms with Gasteiger partial charge in [0.2, 0.25) is 10.0 Å². The van der Waals surface area contributed by atoms with E-state index in [1.807, 2.05) is 0 Å². The molecule has 0 unspecified atom stereocenters. The van der Waals surface area contributed by atoms with E-state index in [2.05, 4.69) is 4.72 Å². The third-order valence-corrected chi connectivity index (χ3v) is 4.74. The van der Waals surface area contributed by atoms with E-state index in [1.165, 1.54) is 20.1 Å². The van der Waals surface area contributed by atoms with Crippen molar-refractivity contribution < 1.29 is 21.9 Å². The lowest BCUT2D eigenvalue weighted by atomic mass is 10.1. The molecule has 1 aromatic carbocycles. The van der Waals surface area contributed by atoms with Crippen molar-refractivity contribution in [2.24, 2.45) is 5.92 Å². The highest BCUT2D eigenvalue weighted by Crippen LogP contribution is 2.18. The average molecular weight is 333 g/mol. The highest BCUT2D eigenvalue weighted by atomic mass is 32.2. The number of rotatable bonds is 7. The Hall–Kier alpha value is -1.47. The van der Waals surface area contributed by atoms with Gasteiger partial charge in [0.1, 0.15) is 5.75 Å². The fourth-order valence-corrected chi connectivity index (χ4v) is 2.97. The Morgan fingerprint density at radius 2 is 1.77 bits per heavy atom. The van der Waals surface area contributed by atoms with Crippen molar-refractivity contribution in [3.05, 3.63) is 34.7 Å². The lowest BCUT2D eigenvalue weighted by molar-refractivity contribution is 0.0882. The van der Waals surface area contributed by atoms with Crippen molar-refractivity contribution in [3.63, 3.8) is 0 Å². The van der Waals surface area contributed by atoms with E-state index in [1.54, 1.807) is 38.1 Å². The van der Waals surface area contributed by atoms with E-state index in [0.717, 1.165) is 0 Å². The van der Waals surface area contributed by atoms with E-state index in [9.17, 15) is 17.2 Å². The van der Waals surface area contributed by atoms with Gasteiger partial charge in [-0.05, 0) is 36.6 Å². The van der Waals surface area contributed by atoms with E-state index < -0.39 is 28.4 Å². The molecule has 4 nitrogen and oxygen atoms in total. The highest BCUT2D eigenvalue weighted by molar-refractivity contribution is 7.93. The molecule has 1 atom stereocenters. The largest absolute Gasteiger partial charge is 0.497 e. The smallest absolute Gasteiger partial charge is 0.254 e. The molecule has 0 bridgehead atoms. The van der Waals surface area contributed by atoms with Crippen LogP contribution in [0.15, 0.2) is 29.2 Å². The summed E-state index contributed by atoms with van der Waals surface area (Å²) in [5.41, 5.74) is 0.641. The van der Waals surface area contributed by atoms with Gasteiger partial charge in [0.15, 0.2) is 0 Å². The van der Waals surface area contributed by atoms with Gasteiger partial charge in [-0.2, -0.15) is 0 Å². The van der Waals surface area contributed by atoms with Crippen LogP contribution in [0.4, 0.5) is 8.78 Å². The maximum absolute atomic E-state index is 12.9. The molecular weight excluding hydrogens is 312 g/mol. The lowest BCUT2D eigenvalue weighted by Crippen LogP contribution is -2.43. The van der Waals surface area contributed by atoms with Crippen molar-refractivity contribution in [2.75, 3.05) is 7.11 Å². The Kier molecular flexibility index (Phi) is 6.49. The van der Waals surface area contributed by atoms with Crippen LogP contribution in [0, 0.1) is 5.92 Å². The van der Waals surface area contributed by atoms with Crippen LogP contribution in [0.3, 0.4) is 0 Å². The third kappa shape index (κ3) is 5.06. The summed E-state index contributed by atoms with van der Waals surface area (Å²) in [5, 5.41) is 0. The zero-order chi connectivity index (χ0) is 16.9. The Labute approximate surface area is 130 Å². The van der Waals surface area contributed by atoms with Crippen LogP contribution in [0.2, 0.25) is 0 Å². The summed E-state index contributed by atoms with van der Waals surface area (Å²) >= 11 is 0. The Bertz CT molecular complexity index is 602. The number of halogens is 2. The van der Waals surface area contributed by atoms with E-state index in [4.69, 9.17) is 4.74 Å². The number of hydrogen-bond donors (Lipinski definition) is 1. The molecule has 0 heterocycles. The molecule has 22 heavy (non-hydrogen) atoms. The molecule has 1 aromatic rings. The van der Waals surface area contributed by atoms with Gasteiger partial charge in [-0.25, -0.2) is 21.9 Å². The SMILES string of the molecule is COc1ccc(/C=C(\C)S(=O)(=O)N[C@H](C(C)C)C(F)F)cc1. The average Bonchev–Trinajstić information content (AvgIpc) is 2.45. The summed E-state index contributed by atoms with van der Waals surface area (Å²) in [7, 11) is -2.43. The minimum Gasteiger partial charge on any atom is -0.497 e. The van der Waals surface area contributed by atoms with Crippen molar-refractivity contribution >= 4 is 16.1 Å². The standard InChI is InChI=1S/C15H21F2NO3S/c1-10(2)14(15(16)17)18-22(19,20)11(3)9-12-5-7-13(21-4)8-6-12/h5-10,14-15,18H,1-4H3/b11-9+/t14-/m1/s1. The molecule has 0 amide bonds.